The average molecular weight is 403 g/mol. The third-order valence-electron chi connectivity index (χ3n) is 3.21. The molecule has 1 heterocycles. The van der Waals surface area contributed by atoms with Crippen molar-refractivity contribution in [3.05, 3.63) is 59.6 Å². The second-order valence-electron chi connectivity index (χ2n) is 5.07. The molecule has 0 aliphatic rings. The fourth-order valence-electron chi connectivity index (χ4n) is 2.00. The Bertz CT molecular complexity index is 930. The van der Waals surface area contributed by atoms with E-state index in [1.165, 1.54) is 4.68 Å². The monoisotopic (exact) mass is 402 g/mol. The molecule has 8 nitrogen and oxygen atoms in total. The number of para-hydroxylation sites is 1. The molecule has 0 aliphatic carbocycles. The van der Waals surface area contributed by atoms with Gasteiger partial charge in [-0.25, -0.2) is 4.79 Å². The minimum atomic E-state index is -0.577. The Balaban J connectivity index is 1.84. The number of rotatable bonds is 5. The average Bonchev–Trinajstić information content (AvgIpc) is 3.15. The third kappa shape index (κ3) is 5.05. The Kier molecular flexibility index (Phi) is 6.39. The predicted molar refractivity (Wildman–Crippen MR) is 104 cm³/mol. The largest absolute Gasteiger partial charge is 0.461 e. The Morgan fingerprint density at radius 3 is 2.67 bits per heavy atom. The topological polar surface area (TPSA) is 94.3 Å². The van der Waals surface area contributed by atoms with E-state index in [4.69, 9.17) is 16.3 Å². The molecule has 0 unspecified atom stereocenters. The van der Waals surface area contributed by atoms with Gasteiger partial charge in [0.15, 0.2) is 0 Å². The standard InChI is InChI=1S/C17H15ClN6O2S/c1-2-26-16(25)15(20-19-13-10-8-12(18)9-11-13)27-17-21-22-23-24(17)14-6-4-3-5-7-14/h3-11,19H,2H2,1H3/b20-15-. The first-order valence-electron chi connectivity index (χ1n) is 7.95. The second kappa shape index (κ2) is 9.15. The molecule has 0 fully saturated rings. The highest BCUT2D eigenvalue weighted by Crippen LogP contribution is 2.21. The van der Waals surface area contributed by atoms with E-state index < -0.39 is 5.97 Å². The van der Waals surface area contributed by atoms with Crippen molar-refractivity contribution in [3.63, 3.8) is 0 Å². The summed E-state index contributed by atoms with van der Waals surface area (Å²) in [7, 11) is 0. The summed E-state index contributed by atoms with van der Waals surface area (Å²) in [5, 5.41) is 16.8. The van der Waals surface area contributed by atoms with E-state index in [0.717, 1.165) is 17.4 Å². The Morgan fingerprint density at radius 2 is 1.96 bits per heavy atom. The summed E-state index contributed by atoms with van der Waals surface area (Å²) >= 11 is 6.87. The lowest BCUT2D eigenvalue weighted by Crippen LogP contribution is -2.17. The van der Waals surface area contributed by atoms with Gasteiger partial charge in [0.25, 0.3) is 0 Å². The molecule has 0 saturated heterocycles. The summed E-state index contributed by atoms with van der Waals surface area (Å²) in [4.78, 5) is 12.3. The van der Waals surface area contributed by atoms with E-state index >= 15 is 0 Å². The summed E-state index contributed by atoms with van der Waals surface area (Å²) < 4.78 is 6.59. The summed E-state index contributed by atoms with van der Waals surface area (Å²) in [6.45, 7) is 1.95. The number of benzene rings is 2. The summed E-state index contributed by atoms with van der Waals surface area (Å²) in [6, 6.07) is 16.3. The molecule has 2 aromatic carbocycles. The summed E-state index contributed by atoms with van der Waals surface area (Å²) in [5.74, 6) is -0.577. The number of carbonyl (C=O) groups is 1. The molecule has 0 saturated carbocycles. The lowest BCUT2D eigenvalue weighted by Gasteiger charge is -2.07. The van der Waals surface area contributed by atoms with E-state index in [1.807, 2.05) is 30.3 Å². The van der Waals surface area contributed by atoms with Crippen LogP contribution in [0.15, 0.2) is 64.9 Å². The van der Waals surface area contributed by atoms with Crippen molar-refractivity contribution in [3.8, 4) is 5.69 Å². The van der Waals surface area contributed by atoms with Gasteiger partial charge in [-0.2, -0.15) is 9.78 Å². The van der Waals surface area contributed by atoms with Crippen molar-refractivity contribution in [2.75, 3.05) is 12.0 Å². The van der Waals surface area contributed by atoms with Gasteiger partial charge >= 0.3 is 5.97 Å². The lowest BCUT2D eigenvalue weighted by atomic mass is 10.3. The number of nitrogens with one attached hydrogen (secondary N) is 1. The van der Waals surface area contributed by atoms with E-state index in [9.17, 15) is 4.79 Å². The Morgan fingerprint density at radius 1 is 1.22 bits per heavy atom. The minimum Gasteiger partial charge on any atom is -0.461 e. The molecule has 10 heteroatoms. The van der Waals surface area contributed by atoms with Crippen LogP contribution in [0.4, 0.5) is 5.69 Å². The van der Waals surface area contributed by atoms with Gasteiger partial charge < -0.3 is 4.74 Å². The first-order valence-corrected chi connectivity index (χ1v) is 9.15. The maximum absolute atomic E-state index is 12.3. The van der Waals surface area contributed by atoms with Gasteiger partial charge in [-0.1, -0.05) is 29.8 Å². The fraction of sp³-hybridized carbons (Fsp3) is 0.118. The molecule has 0 bridgehead atoms. The van der Waals surface area contributed by atoms with Gasteiger partial charge in [-0.05, 0) is 65.5 Å². The number of anilines is 1. The van der Waals surface area contributed by atoms with E-state index in [-0.39, 0.29) is 11.7 Å². The number of hydrazone groups is 1. The molecule has 27 heavy (non-hydrogen) atoms. The van der Waals surface area contributed by atoms with Crippen molar-refractivity contribution in [2.24, 2.45) is 5.10 Å². The zero-order chi connectivity index (χ0) is 19.1. The highest BCUT2D eigenvalue weighted by atomic mass is 35.5. The zero-order valence-corrected chi connectivity index (χ0v) is 15.8. The molecule has 0 radical (unpaired) electrons. The van der Waals surface area contributed by atoms with Gasteiger partial charge in [0, 0.05) is 5.02 Å². The SMILES string of the molecule is CCOC(=O)/C(=N/Nc1ccc(Cl)cc1)Sc1nnnn1-c1ccccc1. The molecule has 0 amide bonds. The third-order valence-corrected chi connectivity index (χ3v) is 4.35. The minimum absolute atomic E-state index is 0.0683. The maximum atomic E-state index is 12.3. The summed E-state index contributed by atoms with van der Waals surface area (Å²) in [5.41, 5.74) is 4.25. The first-order chi connectivity index (χ1) is 13.2. The van der Waals surface area contributed by atoms with Crippen molar-refractivity contribution < 1.29 is 9.53 Å². The number of thioether (sulfide) groups is 1. The second-order valence-corrected chi connectivity index (χ2v) is 6.46. The van der Waals surface area contributed by atoms with Crippen LogP contribution in [0.2, 0.25) is 5.02 Å². The lowest BCUT2D eigenvalue weighted by molar-refractivity contribution is -0.134. The van der Waals surface area contributed by atoms with Crippen LogP contribution in [0.3, 0.4) is 0 Å². The summed E-state index contributed by atoms with van der Waals surface area (Å²) in [6.07, 6.45) is 0. The zero-order valence-electron chi connectivity index (χ0n) is 14.2. The molecular formula is C17H15ClN6O2S. The highest BCUT2D eigenvalue weighted by Gasteiger charge is 2.20. The van der Waals surface area contributed by atoms with Crippen LogP contribution in [-0.4, -0.2) is 37.8 Å². The van der Waals surface area contributed by atoms with Crippen LogP contribution in [-0.2, 0) is 9.53 Å². The van der Waals surface area contributed by atoms with Crippen LogP contribution >= 0.6 is 23.4 Å². The molecule has 3 rings (SSSR count). The number of hydrogen-bond donors (Lipinski definition) is 1. The number of aromatic nitrogens is 4. The van der Waals surface area contributed by atoms with Gasteiger partial charge in [0.1, 0.15) is 0 Å². The molecule has 0 atom stereocenters. The van der Waals surface area contributed by atoms with Crippen molar-refractivity contribution in [1.82, 2.24) is 20.2 Å². The predicted octanol–water partition coefficient (Wildman–Crippen LogP) is 3.40. The Hall–Kier alpha value is -2.91. The number of halogens is 1. The van der Waals surface area contributed by atoms with Crippen molar-refractivity contribution in [2.45, 2.75) is 12.1 Å². The molecule has 1 aromatic heterocycles. The number of esters is 1. The number of tetrazole rings is 1. The first kappa shape index (κ1) is 18.9. The van der Waals surface area contributed by atoms with E-state index in [0.29, 0.717) is 15.9 Å². The molecular weight excluding hydrogens is 388 g/mol. The molecule has 1 N–H and O–H groups in total. The molecule has 0 aliphatic heterocycles. The molecule has 0 spiro atoms. The van der Waals surface area contributed by atoms with Crippen molar-refractivity contribution in [1.29, 1.82) is 0 Å². The van der Waals surface area contributed by atoms with Gasteiger partial charge in [-0.3, -0.25) is 5.43 Å². The van der Waals surface area contributed by atoms with Crippen LogP contribution in [0.25, 0.3) is 5.69 Å². The normalized spacial score (nSPS) is 11.3. The highest BCUT2D eigenvalue weighted by molar-refractivity contribution is 8.15. The van der Waals surface area contributed by atoms with Crippen LogP contribution in [0.5, 0.6) is 0 Å². The van der Waals surface area contributed by atoms with Gasteiger partial charge in [0.2, 0.25) is 10.2 Å². The number of carbonyl (C=O) groups excluding carboxylic acids is 1. The van der Waals surface area contributed by atoms with E-state index in [1.54, 1.807) is 31.2 Å². The smallest absolute Gasteiger partial charge is 0.365 e. The van der Waals surface area contributed by atoms with Crippen LogP contribution in [0, 0.1) is 0 Å². The maximum Gasteiger partial charge on any atom is 0.365 e. The Labute approximate surface area is 164 Å². The van der Waals surface area contributed by atoms with Crippen LogP contribution < -0.4 is 5.43 Å². The number of ether oxygens (including phenoxy) is 1. The number of nitrogens with zero attached hydrogens (tertiary/aromatic N) is 5. The molecule has 3 aromatic rings. The van der Waals surface area contributed by atoms with Gasteiger partial charge in [-0.15, -0.1) is 5.10 Å². The van der Waals surface area contributed by atoms with E-state index in [2.05, 4.69) is 26.1 Å². The number of hydrogen-bond acceptors (Lipinski definition) is 8. The van der Waals surface area contributed by atoms with Crippen molar-refractivity contribution >= 4 is 40.1 Å². The van der Waals surface area contributed by atoms with Crippen LogP contribution in [0.1, 0.15) is 6.92 Å². The van der Waals surface area contributed by atoms with Gasteiger partial charge in [0.05, 0.1) is 18.0 Å². The fourth-order valence-corrected chi connectivity index (χ4v) is 2.84. The quantitative estimate of drug-likeness (QED) is 0.230. The molecule has 138 valence electrons.